The van der Waals surface area contributed by atoms with Crippen molar-refractivity contribution < 1.29 is 28.3 Å². The highest BCUT2D eigenvalue weighted by atomic mass is 32.2. The molecule has 0 aliphatic carbocycles. The van der Waals surface area contributed by atoms with Crippen molar-refractivity contribution in [1.82, 2.24) is 0 Å². The summed E-state index contributed by atoms with van der Waals surface area (Å²) < 4.78 is 25.2. The predicted molar refractivity (Wildman–Crippen MR) is 58.5 cm³/mol. The topological polar surface area (TPSA) is 122 Å². The van der Waals surface area contributed by atoms with Crippen molar-refractivity contribution >= 4 is 17.6 Å². The number of aliphatic hydroxyl groups is 3. The zero-order chi connectivity index (χ0) is 13.3. The fourth-order valence-corrected chi connectivity index (χ4v) is 2.23. The number of allylic oxidation sites excluding steroid dienone is 1. The minimum atomic E-state index is -2.98. The van der Waals surface area contributed by atoms with E-state index >= 15 is 0 Å². The molecule has 3 atom stereocenters. The highest BCUT2D eigenvalue weighted by molar-refractivity contribution is 7.74. The van der Waals surface area contributed by atoms with Gasteiger partial charge in [0.25, 0.3) is 0 Å². The standard InChI is InChI=1S/C9H15NO6S/c1-6(16-17(14)15)5-8(2)7(3-4-10-8)9(11,12)13/h3-4,6,11-13H,5H2,1-2H3,(H,14,15)/p-1. The van der Waals surface area contributed by atoms with Gasteiger partial charge in [-0.25, -0.2) is 4.21 Å². The molecule has 0 fully saturated rings. The van der Waals surface area contributed by atoms with E-state index in [0.717, 1.165) is 0 Å². The molecule has 0 saturated carbocycles. The number of hydrogen-bond acceptors (Lipinski definition) is 7. The van der Waals surface area contributed by atoms with Crippen molar-refractivity contribution in [2.45, 2.75) is 37.9 Å². The van der Waals surface area contributed by atoms with Gasteiger partial charge in [0.15, 0.2) is 0 Å². The molecule has 1 heterocycles. The number of aliphatic imine (C=N–C) groups is 1. The molecule has 0 bridgehead atoms. The molecule has 0 aromatic carbocycles. The minimum absolute atomic E-state index is 0.0761. The van der Waals surface area contributed by atoms with E-state index in [1.807, 2.05) is 0 Å². The van der Waals surface area contributed by atoms with Gasteiger partial charge in [-0.3, -0.25) is 9.18 Å². The molecule has 8 heteroatoms. The average molecular weight is 264 g/mol. The van der Waals surface area contributed by atoms with Gasteiger partial charge in [-0.2, -0.15) is 0 Å². The Bertz CT molecular complexity index is 374. The summed E-state index contributed by atoms with van der Waals surface area (Å²) in [6.45, 7) is 3.04. The van der Waals surface area contributed by atoms with Crippen LogP contribution in [-0.4, -0.2) is 47.9 Å². The van der Waals surface area contributed by atoms with Gasteiger partial charge in [-0.1, -0.05) is 0 Å². The molecular formula is C9H14NO6S-. The molecule has 0 aromatic heterocycles. The van der Waals surface area contributed by atoms with Gasteiger partial charge in [0.2, 0.25) is 0 Å². The van der Waals surface area contributed by atoms with E-state index in [1.54, 1.807) is 0 Å². The lowest BCUT2D eigenvalue weighted by Crippen LogP contribution is -2.42. The first kappa shape index (κ1) is 14.4. The molecule has 0 aromatic rings. The Kier molecular flexibility index (Phi) is 4.18. The molecule has 0 radical (unpaired) electrons. The van der Waals surface area contributed by atoms with Crippen LogP contribution in [0.4, 0.5) is 0 Å². The van der Waals surface area contributed by atoms with Crippen molar-refractivity contribution in [3.63, 3.8) is 0 Å². The van der Waals surface area contributed by atoms with Gasteiger partial charge in [0, 0.05) is 18.2 Å². The molecule has 0 spiro atoms. The van der Waals surface area contributed by atoms with Gasteiger partial charge >= 0.3 is 5.97 Å². The van der Waals surface area contributed by atoms with Crippen LogP contribution in [-0.2, 0) is 15.5 Å². The van der Waals surface area contributed by atoms with Crippen LogP contribution >= 0.6 is 0 Å². The molecule has 1 aliphatic heterocycles. The third-order valence-electron chi connectivity index (χ3n) is 2.47. The van der Waals surface area contributed by atoms with Gasteiger partial charge < -0.3 is 19.9 Å². The Hall–Kier alpha value is -0.640. The lowest BCUT2D eigenvalue weighted by atomic mass is 9.87. The zero-order valence-electron chi connectivity index (χ0n) is 9.36. The Morgan fingerprint density at radius 1 is 1.65 bits per heavy atom. The lowest BCUT2D eigenvalue weighted by molar-refractivity contribution is -0.286. The lowest BCUT2D eigenvalue weighted by Gasteiger charge is -2.32. The summed E-state index contributed by atoms with van der Waals surface area (Å²) in [7, 11) is 0. The first-order valence-electron chi connectivity index (χ1n) is 4.85. The largest absolute Gasteiger partial charge is 0.750 e. The number of rotatable bonds is 5. The summed E-state index contributed by atoms with van der Waals surface area (Å²) in [5.41, 5.74) is -1.24. The molecular weight excluding hydrogens is 250 g/mol. The van der Waals surface area contributed by atoms with Gasteiger partial charge in [0.1, 0.15) is 0 Å². The maximum absolute atomic E-state index is 10.3. The SMILES string of the molecule is CC(CC1(C)N=CC=C1C(O)(O)O)OS(=O)[O-]. The molecule has 0 amide bonds. The van der Waals surface area contributed by atoms with Crippen LogP contribution in [0.15, 0.2) is 16.6 Å². The molecule has 7 nitrogen and oxygen atoms in total. The van der Waals surface area contributed by atoms with Crippen molar-refractivity contribution in [2.24, 2.45) is 4.99 Å². The third-order valence-corrected chi connectivity index (χ3v) is 2.96. The maximum atomic E-state index is 10.3. The van der Waals surface area contributed by atoms with E-state index in [4.69, 9.17) is 15.3 Å². The van der Waals surface area contributed by atoms with E-state index in [0.29, 0.717) is 0 Å². The van der Waals surface area contributed by atoms with Gasteiger partial charge in [-0.15, -0.1) is 0 Å². The Morgan fingerprint density at radius 3 is 2.71 bits per heavy atom. The van der Waals surface area contributed by atoms with Crippen molar-refractivity contribution in [3.8, 4) is 0 Å². The molecule has 0 saturated heterocycles. The van der Waals surface area contributed by atoms with Crippen molar-refractivity contribution in [1.29, 1.82) is 0 Å². The Labute approximate surface area is 101 Å². The molecule has 17 heavy (non-hydrogen) atoms. The quantitative estimate of drug-likeness (QED) is 0.431. The van der Waals surface area contributed by atoms with Crippen molar-refractivity contribution in [2.75, 3.05) is 0 Å². The summed E-state index contributed by atoms with van der Waals surface area (Å²) in [6, 6.07) is 0. The van der Waals surface area contributed by atoms with E-state index in [1.165, 1.54) is 26.1 Å². The number of nitrogens with zero attached hydrogens (tertiary/aromatic N) is 1. The van der Waals surface area contributed by atoms with Crippen LogP contribution in [0.5, 0.6) is 0 Å². The second kappa shape index (κ2) is 4.92. The van der Waals surface area contributed by atoms with Crippen LogP contribution in [0.3, 0.4) is 0 Å². The third kappa shape index (κ3) is 3.66. The molecule has 3 N–H and O–H groups in total. The first-order chi connectivity index (χ1) is 7.65. The first-order valence-corrected chi connectivity index (χ1v) is 5.85. The zero-order valence-corrected chi connectivity index (χ0v) is 10.2. The van der Waals surface area contributed by atoms with Crippen LogP contribution in [0.1, 0.15) is 20.3 Å². The fraction of sp³-hybridized carbons (Fsp3) is 0.667. The van der Waals surface area contributed by atoms with E-state index in [2.05, 4.69) is 9.18 Å². The maximum Gasteiger partial charge on any atom is 0.302 e. The smallest absolute Gasteiger partial charge is 0.302 e. The van der Waals surface area contributed by atoms with E-state index in [9.17, 15) is 8.76 Å². The number of hydrogen-bond donors (Lipinski definition) is 3. The second-order valence-electron chi connectivity index (χ2n) is 4.08. The molecule has 3 unspecified atom stereocenters. The Balaban J connectivity index is 2.78. The molecule has 1 aliphatic rings. The highest BCUT2D eigenvalue weighted by Crippen LogP contribution is 2.35. The Morgan fingerprint density at radius 2 is 2.24 bits per heavy atom. The fourth-order valence-electron chi connectivity index (χ4n) is 1.89. The summed E-state index contributed by atoms with van der Waals surface area (Å²) >= 11 is -2.66. The summed E-state index contributed by atoms with van der Waals surface area (Å²) in [4.78, 5) is 3.98. The molecule has 1 rings (SSSR count). The average Bonchev–Trinajstić information content (AvgIpc) is 2.43. The predicted octanol–water partition coefficient (Wildman–Crippen LogP) is -1.02. The van der Waals surface area contributed by atoms with Gasteiger partial charge in [-0.05, 0) is 19.9 Å². The monoisotopic (exact) mass is 264 g/mol. The van der Waals surface area contributed by atoms with Crippen molar-refractivity contribution in [3.05, 3.63) is 11.6 Å². The van der Waals surface area contributed by atoms with E-state index < -0.39 is 29.0 Å². The van der Waals surface area contributed by atoms with Crippen LogP contribution in [0.25, 0.3) is 0 Å². The van der Waals surface area contributed by atoms with Crippen LogP contribution < -0.4 is 0 Å². The van der Waals surface area contributed by atoms with Crippen LogP contribution in [0, 0.1) is 0 Å². The second-order valence-corrected chi connectivity index (χ2v) is 4.68. The van der Waals surface area contributed by atoms with Gasteiger partial charge in [0.05, 0.1) is 23.0 Å². The molecule has 98 valence electrons. The summed E-state index contributed by atoms with van der Waals surface area (Å²) in [5.74, 6) is -2.98. The van der Waals surface area contributed by atoms with E-state index in [-0.39, 0.29) is 12.0 Å². The highest BCUT2D eigenvalue weighted by Gasteiger charge is 2.43. The van der Waals surface area contributed by atoms with Crippen LogP contribution in [0.2, 0.25) is 0 Å². The normalized spacial score (nSPS) is 28.0. The summed E-state index contributed by atoms with van der Waals surface area (Å²) in [5, 5.41) is 27.4. The summed E-state index contributed by atoms with van der Waals surface area (Å²) in [6.07, 6.45) is 1.95. The minimum Gasteiger partial charge on any atom is -0.750 e.